The van der Waals surface area contributed by atoms with Crippen molar-refractivity contribution in [2.24, 2.45) is 0 Å². The second-order valence-electron chi connectivity index (χ2n) is 4.97. The molecule has 1 aromatic heterocycles. The Bertz CT molecular complexity index is 317. The minimum absolute atomic E-state index is 0.129. The van der Waals surface area contributed by atoms with E-state index in [1.807, 2.05) is 24.5 Å². The molecule has 1 unspecified atom stereocenters. The maximum absolute atomic E-state index is 5.85. The standard InChI is InChI=1S/C15H26N2O2/c1-13(2)17-11-15(12-18-3)19-10-4-5-14-6-8-16-9-7-14/h6-9,13,15,17H,4-5,10-12H2,1-3H3. The summed E-state index contributed by atoms with van der Waals surface area (Å²) in [4.78, 5) is 4.01. The third-order valence-electron chi connectivity index (χ3n) is 2.82. The summed E-state index contributed by atoms with van der Waals surface area (Å²) in [6.45, 7) is 6.49. The molecule has 1 N–H and O–H groups in total. The van der Waals surface area contributed by atoms with Crippen molar-refractivity contribution in [3.05, 3.63) is 30.1 Å². The van der Waals surface area contributed by atoms with Gasteiger partial charge in [0.2, 0.25) is 0 Å². The molecular weight excluding hydrogens is 240 g/mol. The van der Waals surface area contributed by atoms with Crippen molar-refractivity contribution in [2.75, 3.05) is 26.9 Å². The first kappa shape index (κ1) is 16.1. The van der Waals surface area contributed by atoms with Crippen molar-refractivity contribution in [3.63, 3.8) is 0 Å². The first-order valence-corrected chi connectivity index (χ1v) is 6.95. The summed E-state index contributed by atoms with van der Waals surface area (Å²) in [5.74, 6) is 0. The fourth-order valence-corrected chi connectivity index (χ4v) is 1.79. The maximum Gasteiger partial charge on any atom is 0.0932 e. The number of aryl methyl sites for hydroxylation is 1. The average Bonchev–Trinajstić information content (AvgIpc) is 2.41. The van der Waals surface area contributed by atoms with Crippen LogP contribution in [-0.4, -0.2) is 44.0 Å². The normalized spacial score (nSPS) is 12.8. The molecule has 1 rings (SSSR count). The van der Waals surface area contributed by atoms with Crippen LogP contribution in [0.4, 0.5) is 0 Å². The molecule has 0 spiro atoms. The Morgan fingerprint density at radius 3 is 2.63 bits per heavy atom. The van der Waals surface area contributed by atoms with Crippen LogP contribution in [0.2, 0.25) is 0 Å². The van der Waals surface area contributed by atoms with E-state index in [0.717, 1.165) is 26.0 Å². The van der Waals surface area contributed by atoms with Crippen LogP contribution < -0.4 is 5.32 Å². The van der Waals surface area contributed by atoms with Gasteiger partial charge < -0.3 is 14.8 Å². The van der Waals surface area contributed by atoms with Crippen molar-refractivity contribution in [1.82, 2.24) is 10.3 Å². The van der Waals surface area contributed by atoms with E-state index in [0.29, 0.717) is 12.6 Å². The molecule has 0 amide bonds. The van der Waals surface area contributed by atoms with Gasteiger partial charge in [-0.15, -0.1) is 0 Å². The average molecular weight is 266 g/mol. The maximum atomic E-state index is 5.85. The zero-order valence-electron chi connectivity index (χ0n) is 12.3. The zero-order chi connectivity index (χ0) is 13.9. The number of nitrogens with one attached hydrogen (secondary N) is 1. The van der Waals surface area contributed by atoms with E-state index in [9.17, 15) is 0 Å². The molecule has 0 aliphatic rings. The monoisotopic (exact) mass is 266 g/mol. The van der Waals surface area contributed by atoms with Crippen molar-refractivity contribution < 1.29 is 9.47 Å². The lowest BCUT2D eigenvalue weighted by molar-refractivity contribution is -0.00261. The molecule has 0 saturated heterocycles. The molecule has 0 saturated carbocycles. The van der Waals surface area contributed by atoms with Crippen LogP contribution in [0.3, 0.4) is 0 Å². The van der Waals surface area contributed by atoms with Gasteiger partial charge in [-0.1, -0.05) is 13.8 Å². The molecule has 0 fully saturated rings. The third kappa shape index (κ3) is 7.93. The van der Waals surface area contributed by atoms with Gasteiger partial charge in [0, 0.05) is 38.7 Å². The Balaban J connectivity index is 2.17. The lowest BCUT2D eigenvalue weighted by atomic mass is 10.1. The summed E-state index contributed by atoms with van der Waals surface area (Å²) < 4.78 is 11.0. The second kappa shape index (κ2) is 9.89. The van der Waals surface area contributed by atoms with Crippen LogP contribution in [0.1, 0.15) is 25.8 Å². The molecular formula is C15H26N2O2. The molecule has 0 bridgehead atoms. The van der Waals surface area contributed by atoms with E-state index in [-0.39, 0.29) is 6.10 Å². The van der Waals surface area contributed by atoms with E-state index in [4.69, 9.17) is 9.47 Å². The van der Waals surface area contributed by atoms with Crippen molar-refractivity contribution in [3.8, 4) is 0 Å². The van der Waals surface area contributed by atoms with E-state index < -0.39 is 0 Å². The molecule has 19 heavy (non-hydrogen) atoms. The number of pyridine rings is 1. The number of nitrogens with zero attached hydrogens (tertiary/aromatic N) is 1. The van der Waals surface area contributed by atoms with E-state index in [1.54, 1.807) is 7.11 Å². The first-order valence-electron chi connectivity index (χ1n) is 6.95. The summed E-state index contributed by atoms with van der Waals surface area (Å²) in [5.41, 5.74) is 1.31. The van der Waals surface area contributed by atoms with Gasteiger partial charge in [-0.25, -0.2) is 0 Å². The van der Waals surface area contributed by atoms with Crippen molar-refractivity contribution >= 4 is 0 Å². The smallest absolute Gasteiger partial charge is 0.0932 e. The van der Waals surface area contributed by atoms with Crippen molar-refractivity contribution in [2.45, 2.75) is 38.8 Å². The number of ether oxygens (including phenoxy) is 2. The number of methoxy groups -OCH3 is 1. The molecule has 0 aliphatic carbocycles. The van der Waals surface area contributed by atoms with Gasteiger partial charge in [0.25, 0.3) is 0 Å². The van der Waals surface area contributed by atoms with E-state index in [1.165, 1.54) is 5.56 Å². The van der Waals surface area contributed by atoms with Crippen LogP contribution in [0.15, 0.2) is 24.5 Å². The fourth-order valence-electron chi connectivity index (χ4n) is 1.79. The summed E-state index contributed by atoms with van der Waals surface area (Å²) in [6.07, 6.45) is 5.84. The summed E-state index contributed by atoms with van der Waals surface area (Å²) in [6, 6.07) is 4.57. The Labute approximate surface area is 116 Å². The fraction of sp³-hybridized carbons (Fsp3) is 0.667. The van der Waals surface area contributed by atoms with Gasteiger partial charge in [0.05, 0.1) is 12.7 Å². The van der Waals surface area contributed by atoms with Crippen LogP contribution in [0, 0.1) is 0 Å². The van der Waals surface area contributed by atoms with Gasteiger partial charge in [-0.05, 0) is 30.5 Å². The lowest BCUT2D eigenvalue weighted by Gasteiger charge is -2.19. The number of aromatic nitrogens is 1. The molecule has 108 valence electrons. The number of rotatable bonds is 10. The molecule has 4 heteroatoms. The van der Waals surface area contributed by atoms with Gasteiger partial charge in [0.1, 0.15) is 0 Å². The second-order valence-corrected chi connectivity index (χ2v) is 4.97. The summed E-state index contributed by atoms with van der Waals surface area (Å²) >= 11 is 0. The van der Waals surface area contributed by atoms with Crippen LogP contribution >= 0.6 is 0 Å². The van der Waals surface area contributed by atoms with Gasteiger partial charge in [0.15, 0.2) is 0 Å². The molecule has 0 radical (unpaired) electrons. The number of hydrogen-bond acceptors (Lipinski definition) is 4. The SMILES string of the molecule is COCC(CNC(C)C)OCCCc1ccncc1. The predicted molar refractivity (Wildman–Crippen MR) is 77.3 cm³/mol. The van der Waals surface area contributed by atoms with Gasteiger partial charge >= 0.3 is 0 Å². The molecule has 0 aromatic carbocycles. The summed E-state index contributed by atoms with van der Waals surface area (Å²) in [5, 5.41) is 3.38. The van der Waals surface area contributed by atoms with Crippen LogP contribution in [-0.2, 0) is 15.9 Å². The molecule has 1 aromatic rings. The topological polar surface area (TPSA) is 43.4 Å². The highest BCUT2D eigenvalue weighted by Gasteiger charge is 2.09. The Kier molecular flexibility index (Phi) is 8.38. The van der Waals surface area contributed by atoms with E-state index in [2.05, 4.69) is 24.1 Å². The molecule has 4 nitrogen and oxygen atoms in total. The molecule has 1 heterocycles. The Morgan fingerprint density at radius 2 is 2.00 bits per heavy atom. The number of hydrogen-bond donors (Lipinski definition) is 1. The Hall–Kier alpha value is -0.970. The molecule has 1 atom stereocenters. The van der Waals surface area contributed by atoms with Gasteiger partial charge in [-0.3, -0.25) is 4.98 Å². The zero-order valence-corrected chi connectivity index (χ0v) is 12.3. The largest absolute Gasteiger partial charge is 0.382 e. The quantitative estimate of drug-likeness (QED) is 0.658. The van der Waals surface area contributed by atoms with Crippen LogP contribution in [0.25, 0.3) is 0 Å². The lowest BCUT2D eigenvalue weighted by Crippen LogP contribution is -2.36. The Morgan fingerprint density at radius 1 is 1.26 bits per heavy atom. The van der Waals surface area contributed by atoms with Crippen molar-refractivity contribution in [1.29, 1.82) is 0 Å². The highest BCUT2D eigenvalue weighted by atomic mass is 16.5. The van der Waals surface area contributed by atoms with Crippen LogP contribution in [0.5, 0.6) is 0 Å². The highest BCUT2D eigenvalue weighted by Crippen LogP contribution is 2.02. The predicted octanol–water partition coefficient (Wildman–Crippen LogP) is 2.04. The first-order chi connectivity index (χ1) is 9.22. The molecule has 0 aliphatic heterocycles. The van der Waals surface area contributed by atoms with Gasteiger partial charge in [-0.2, -0.15) is 0 Å². The third-order valence-corrected chi connectivity index (χ3v) is 2.82. The summed E-state index contributed by atoms with van der Waals surface area (Å²) in [7, 11) is 1.71. The minimum atomic E-state index is 0.129. The highest BCUT2D eigenvalue weighted by molar-refractivity contribution is 5.09. The van der Waals surface area contributed by atoms with E-state index >= 15 is 0 Å². The minimum Gasteiger partial charge on any atom is -0.382 e.